The van der Waals surface area contributed by atoms with Gasteiger partial charge in [0.25, 0.3) is 0 Å². The van der Waals surface area contributed by atoms with Crippen LogP contribution in [0.5, 0.6) is 0 Å². The molecule has 1 aromatic heterocycles. The minimum atomic E-state index is -0.342. The topological polar surface area (TPSA) is 46.0 Å². The number of aliphatic hydroxyl groups is 1. The van der Waals surface area contributed by atoms with Crippen molar-refractivity contribution in [3.63, 3.8) is 0 Å². The molecule has 1 aromatic rings. The van der Waals surface area contributed by atoms with Crippen LogP contribution in [0.25, 0.3) is 0 Å². The highest BCUT2D eigenvalue weighted by Crippen LogP contribution is 2.02. The number of aliphatic hydroxyl groups excluding tert-OH is 1. The molecule has 0 spiro atoms. The Hall–Kier alpha value is -0.960. The van der Waals surface area contributed by atoms with Gasteiger partial charge in [-0.2, -0.15) is 0 Å². The molecule has 0 unspecified atom stereocenters. The molecule has 0 bridgehead atoms. The van der Waals surface area contributed by atoms with Gasteiger partial charge >= 0.3 is 0 Å². The molecule has 0 aliphatic heterocycles. The van der Waals surface area contributed by atoms with E-state index in [2.05, 4.69) is 9.97 Å². The van der Waals surface area contributed by atoms with Gasteiger partial charge in [0.05, 0.1) is 17.5 Å². The summed E-state index contributed by atoms with van der Waals surface area (Å²) in [6, 6.07) is 0. The van der Waals surface area contributed by atoms with E-state index in [4.69, 9.17) is 5.11 Å². The lowest BCUT2D eigenvalue weighted by molar-refractivity contribution is 0.194. The van der Waals surface area contributed by atoms with Gasteiger partial charge < -0.3 is 5.11 Å². The van der Waals surface area contributed by atoms with Gasteiger partial charge in [-0.3, -0.25) is 9.97 Å². The average molecular weight is 152 g/mol. The van der Waals surface area contributed by atoms with Gasteiger partial charge in [0.15, 0.2) is 0 Å². The highest BCUT2D eigenvalue weighted by atomic mass is 16.3. The lowest BCUT2D eigenvalue weighted by Crippen LogP contribution is -2.08. The smallest absolute Gasteiger partial charge is 0.0641 e. The molecule has 11 heavy (non-hydrogen) atoms. The summed E-state index contributed by atoms with van der Waals surface area (Å²) in [6.07, 6.45) is 3.54. The Morgan fingerprint density at radius 2 is 2.09 bits per heavy atom. The molecule has 0 saturated heterocycles. The zero-order chi connectivity index (χ0) is 8.27. The lowest BCUT2D eigenvalue weighted by Gasteiger charge is -2.04. The molecule has 1 atom stereocenters. The summed E-state index contributed by atoms with van der Waals surface area (Å²) >= 11 is 0. The van der Waals surface area contributed by atoms with Crippen molar-refractivity contribution in [2.24, 2.45) is 0 Å². The summed E-state index contributed by atoms with van der Waals surface area (Å²) in [5.41, 5.74) is 1.77. The number of rotatable bonds is 2. The second-order valence-electron chi connectivity index (χ2n) is 2.64. The molecule has 0 saturated carbocycles. The maximum absolute atomic E-state index is 9.06. The van der Waals surface area contributed by atoms with Gasteiger partial charge in [-0.1, -0.05) is 0 Å². The fourth-order valence-electron chi connectivity index (χ4n) is 0.917. The van der Waals surface area contributed by atoms with Crippen LogP contribution in [0.1, 0.15) is 18.3 Å². The van der Waals surface area contributed by atoms with E-state index in [1.807, 2.05) is 6.92 Å². The van der Waals surface area contributed by atoms with Crippen LogP contribution >= 0.6 is 0 Å². The minimum absolute atomic E-state index is 0.342. The lowest BCUT2D eigenvalue weighted by atomic mass is 10.2. The third kappa shape index (κ3) is 2.27. The van der Waals surface area contributed by atoms with Crippen LogP contribution in [-0.2, 0) is 6.42 Å². The predicted molar refractivity (Wildman–Crippen MR) is 42.2 cm³/mol. The van der Waals surface area contributed by atoms with Crippen LogP contribution in [-0.4, -0.2) is 21.2 Å². The fourth-order valence-corrected chi connectivity index (χ4v) is 0.917. The number of hydrogen-bond acceptors (Lipinski definition) is 3. The van der Waals surface area contributed by atoms with Crippen molar-refractivity contribution in [2.75, 3.05) is 0 Å². The second kappa shape index (κ2) is 3.44. The Morgan fingerprint density at radius 3 is 2.64 bits per heavy atom. The van der Waals surface area contributed by atoms with Crippen LogP contribution in [0, 0.1) is 6.92 Å². The van der Waals surface area contributed by atoms with Gasteiger partial charge in [0.2, 0.25) is 0 Å². The number of nitrogens with zero attached hydrogens (tertiary/aromatic N) is 2. The van der Waals surface area contributed by atoms with Crippen molar-refractivity contribution < 1.29 is 5.11 Å². The normalized spacial score (nSPS) is 13.0. The number of aryl methyl sites for hydroxylation is 1. The molecule has 60 valence electrons. The van der Waals surface area contributed by atoms with E-state index in [1.165, 1.54) is 0 Å². The quantitative estimate of drug-likeness (QED) is 0.678. The van der Waals surface area contributed by atoms with Gasteiger partial charge in [-0.25, -0.2) is 0 Å². The summed E-state index contributed by atoms with van der Waals surface area (Å²) in [5.74, 6) is 0. The third-order valence-corrected chi connectivity index (χ3v) is 1.47. The highest BCUT2D eigenvalue weighted by Gasteiger charge is 2.02. The number of aromatic nitrogens is 2. The van der Waals surface area contributed by atoms with Crippen LogP contribution in [0.4, 0.5) is 0 Å². The summed E-state index contributed by atoms with van der Waals surface area (Å²) in [5, 5.41) is 9.06. The largest absolute Gasteiger partial charge is 0.393 e. The van der Waals surface area contributed by atoms with E-state index in [1.54, 1.807) is 19.3 Å². The van der Waals surface area contributed by atoms with Crippen molar-refractivity contribution in [2.45, 2.75) is 26.4 Å². The monoisotopic (exact) mass is 152 g/mol. The summed E-state index contributed by atoms with van der Waals surface area (Å²) in [4.78, 5) is 8.15. The first-order valence-corrected chi connectivity index (χ1v) is 3.64. The molecule has 1 heterocycles. The fraction of sp³-hybridized carbons (Fsp3) is 0.500. The second-order valence-corrected chi connectivity index (χ2v) is 2.64. The molecule has 0 aromatic carbocycles. The molecule has 0 aliphatic carbocycles. The van der Waals surface area contributed by atoms with E-state index in [0.29, 0.717) is 6.42 Å². The van der Waals surface area contributed by atoms with E-state index < -0.39 is 0 Å². The zero-order valence-corrected chi connectivity index (χ0v) is 6.78. The molecule has 0 aliphatic rings. The standard InChI is InChI=1S/C8H12N2O/c1-6(11)5-8-7(2)9-3-4-10-8/h3-4,6,11H,5H2,1-2H3/t6-/m0/s1. The molecule has 0 radical (unpaired) electrons. The maximum atomic E-state index is 9.06. The van der Waals surface area contributed by atoms with Crippen molar-refractivity contribution in [3.05, 3.63) is 23.8 Å². The third-order valence-electron chi connectivity index (χ3n) is 1.47. The first-order valence-electron chi connectivity index (χ1n) is 3.64. The molecule has 1 N–H and O–H groups in total. The average Bonchev–Trinajstić information content (AvgIpc) is 1.93. The Balaban J connectivity index is 2.78. The van der Waals surface area contributed by atoms with Crippen LogP contribution in [0.15, 0.2) is 12.4 Å². The van der Waals surface area contributed by atoms with Crippen LogP contribution in [0.3, 0.4) is 0 Å². The number of hydrogen-bond donors (Lipinski definition) is 1. The predicted octanol–water partition coefficient (Wildman–Crippen LogP) is 0.708. The minimum Gasteiger partial charge on any atom is -0.393 e. The van der Waals surface area contributed by atoms with Gasteiger partial charge in [0.1, 0.15) is 0 Å². The summed E-state index contributed by atoms with van der Waals surface area (Å²) < 4.78 is 0. The van der Waals surface area contributed by atoms with Gasteiger partial charge in [-0.15, -0.1) is 0 Å². The molecule has 0 fully saturated rings. The zero-order valence-electron chi connectivity index (χ0n) is 6.78. The maximum Gasteiger partial charge on any atom is 0.0641 e. The van der Waals surface area contributed by atoms with Crippen molar-refractivity contribution in [3.8, 4) is 0 Å². The van der Waals surface area contributed by atoms with Crippen molar-refractivity contribution >= 4 is 0 Å². The Bertz CT molecular complexity index is 235. The van der Waals surface area contributed by atoms with Crippen molar-refractivity contribution in [1.29, 1.82) is 0 Å². The molecular weight excluding hydrogens is 140 g/mol. The molecule has 3 heteroatoms. The van der Waals surface area contributed by atoms with Crippen LogP contribution < -0.4 is 0 Å². The first kappa shape index (κ1) is 8.14. The molecule has 3 nitrogen and oxygen atoms in total. The Morgan fingerprint density at radius 1 is 1.45 bits per heavy atom. The van der Waals surface area contributed by atoms with E-state index in [9.17, 15) is 0 Å². The van der Waals surface area contributed by atoms with Gasteiger partial charge in [-0.05, 0) is 13.8 Å². The van der Waals surface area contributed by atoms with E-state index in [-0.39, 0.29) is 6.10 Å². The molecule has 1 rings (SSSR count). The highest BCUT2D eigenvalue weighted by molar-refractivity contribution is 5.08. The van der Waals surface area contributed by atoms with E-state index >= 15 is 0 Å². The molecule has 0 amide bonds. The van der Waals surface area contributed by atoms with Gasteiger partial charge in [0, 0.05) is 18.8 Å². The van der Waals surface area contributed by atoms with Crippen LogP contribution in [0.2, 0.25) is 0 Å². The Kier molecular flexibility index (Phi) is 2.54. The van der Waals surface area contributed by atoms with E-state index in [0.717, 1.165) is 11.4 Å². The molecular formula is C8H12N2O. The first-order chi connectivity index (χ1) is 5.20. The summed E-state index contributed by atoms with van der Waals surface area (Å²) in [7, 11) is 0. The Labute approximate surface area is 66.1 Å². The SMILES string of the molecule is Cc1nccnc1C[C@H](C)O. The summed E-state index contributed by atoms with van der Waals surface area (Å²) in [6.45, 7) is 3.64. The van der Waals surface area contributed by atoms with Crippen molar-refractivity contribution in [1.82, 2.24) is 9.97 Å².